The summed E-state index contributed by atoms with van der Waals surface area (Å²) in [4.78, 5) is 11.6. The number of carbonyl (C=O) groups is 1. The Morgan fingerprint density at radius 2 is 1.88 bits per heavy atom. The van der Waals surface area contributed by atoms with E-state index in [1.165, 1.54) is 7.11 Å². The van der Waals surface area contributed by atoms with Gasteiger partial charge in [-0.3, -0.25) is 13.8 Å². The third kappa shape index (κ3) is 12.0. The first-order chi connectivity index (χ1) is 11.7. The van der Waals surface area contributed by atoms with Gasteiger partial charge in [-0.05, 0) is 45.0 Å². The zero-order chi connectivity index (χ0) is 19.3. The normalized spacial score (nSPS) is 15.6. The van der Waals surface area contributed by atoms with Crippen LogP contribution in [0.3, 0.4) is 0 Å². The van der Waals surface area contributed by atoms with Crippen LogP contribution in [-0.2, 0) is 27.9 Å². The number of aliphatic hydroxyl groups excluding tert-OH is 2. The molecule has 0 aromatic carbocycles. The molecule has 25 heavy (non-hydrogen) atoms. The van der Waals surface area contributed by atoms with Gasteiger partial charge in [-0.2, -0.15) is 0 Å². The second-order valence-electron chi connectivity index (χ2n) is 6.30. The van der Waals surface area contributed by atoms with E-state index in [1.807, 2.05) is 0 Å². The number of ether oxygens (including phenoxy) is 2. The van der Waals surface area contributed by atoms with Gasteiger partial charge in [0.1, 0.15) is 6.10 Å². The molecule has 2 atom stereocenters. The van der Waals surface area contributed by atoms with Gasteiger partial charge in [-0.25, -0.2) is 4.57 Å². The van der Waals surface area contributed by atoms with Gasteiger partial charge in [0.25, 0.3) is 0 Å². The average Bonchev–Trinajstić information content (AvgIpc) is 2.54. The Balaban J connectivity index is 4.26. The highest BCUT2D eigenvalue weighted by Gasteiger charge is 2.29. The van der Waals surface area contributed by atoms with Crippen molar-refractivity contribution in [3.63, 3.8) is 0 Å². The molecular weight excluding hydrogens is 371 g/mol. The predicted octanol–water partition coefficient (Wildman–Crippen LogP) is 2.23. The highest BCUT2D eigenvalue weighted by Crippen LogP contribution is 2.61. The number of hydrogen-bond donors (Lipinski definition) is 2. The zero-order valence-electron chi connectivity index (χ0n) is 15.4. The fourth-order valence-corrected chi connectivity index (χ4v) is 5.10. The van der Waals surface area contributed by atoms with Crippen LogP contribution in [0.2, 0.25) is 0 Å². The van der Waals surface area contributed by atoms with Crippen molar-refractivity contribution in [3.05, 3.63) is 0 Å². The number of esters is 1. The van der Waals surface area contributed by atoms with E-state index in [9.17, 15) is 14.5 Å². The van der Waals surface area contributed by atoms with Crippen LogP contribution in [0.1, 0.15) is 33.6 Å². The quantitative estimate of drug-likeness (QED) is 0.257. The van der Waals surface area contributed by atoms with E-state index in [1.54, 1.807) is 20.8 Å². The summed E-state index contributed by atoms with van der Waals surface area (Å²) < 4.78 is 33.2. The van der Waals surface area contributed by atoms with Crippen molar-refractivity contribution < 1.29 is 38.1 Å². The molecule has 2 unspecified atom stereocenters. The van der Waals surface area contributed by atoms with Crippen LogP contribution in [-0.4, -0.2) is 68.2 Å². The maximum Gasteiger partial charge on any atom is 0.389 e. The van der Waals surface area contributed by atoms with Crippen molar-refractivity contribution in [3.8, 4) is 0 Å². The highest BCUT2D eigenvalue weighted by molar-refractivity contribution is 8.55. The molecule has 0 aliphatic heterocycles. The lowest BCUT2D eigenvalue weighted by atomic mass is 9.97. The Bertz CT molecular complexity index is 413. The number of aliphatic hydroxyl groups is 2. The lowest BCUT2D eigenvalue weighted by molar-refractivity contribution is -0.153. The SMILES string of the molecule is COCC(CO)OP(=O)(OCCO)SCCCCOC(=O)C(C)(C)C. The first kappa shape index (κ1) is 24.8. The molecule has 10 heteroatoms. The standard InChI is InChI=1S/C15H31O8PS/c1-15(2,3)14(18)21-8-5-6-10-25-24(19,22-9-7-16)23-13(11-17)12-20-4/h13,16-17H,5-12H2,1-4H3. The summed E-state index contributed by atoms with van der Waals surface area (Å²) in [7, 11) is 1.44. The van der Waals surface area contributed by atoms with E-state index >= 15 is 0 Å². The zero-order valence-corrected chi connectivity index (χ0v) is 17.1. The largest absolute Gasteiger partial charge is 0.465 e. The Kier molecular flexibility index (Phi) is 13.0. The second-order valence-corrected chi connectivity index (χ2v) is 10.4. The van der Waals surface area contributed by atoms with Crippen molar-refractivity contribution >= 4 is 24.1 Å². The predicted molar refractivity (Wildman–Crippen MR) is 96.6 cm³/mol. The number of carbonyl (C=O) groups excluding carboxylic acids is 1. The summed E-state index contributed by atoms with van der Waals surface area (Å²) in [6, 6.07) is 0. The number of methoxy groups -OCH3 is 1. The molecule has 0 bridgehead atoms. The molecule has 0 amide bonds. The number of rotatable bonds is 14. The summed E-state index contributed by atoms with van der Waals surface area (Å²) in [5.74, 6) is 0.201. The fourth-order valence-electron chi connectivity index (χ4n) is 1.50. The van der Waals surface area contributed by atoms with Crippen LogP contribution < -0.4 is 0 Å². The Labute approximate surface area is 153 Å². The average molecular weight is 402 g/mol. The number of hydrogen-bond acceptors (Lipinski definition) is 9. The van der Waals surface area contributed by atoms with Crippen molar-refractivity contribution in [2.75, 3.05) is 45.9 Å². The van der Waals surface area contributed by atoms with Gasteiger partial charge in [0, 0.05) is 12.9 Å². The third-order valence-corrected chi connectivity index (χ3v) is 6.72. The lowest BCUT2D eigenvalue weighted by Crippen LogP contribution is -2.23. The van der Waals surface area contributed by atoms with E-state index in [2.05, 4.69) is 0 Å². The lowest BCUT2D eigenvalue weighted by Gasteiger charge is -2.22. The van der Waals surface area contributed by atoms with Crippen LogP contribution in [0.5, 0.6) is 0 Å². The van der Waals surface area contributed by atoms with E-state index in [0.717, 1.165) is 11.4 Å². The van der Waals surface area contributed by atoms with E-state index < -0.39 is 18.3 Å². The molecule has 0 radical (unpaired) electrons. The first-order valence-electron chi connectivity index (χ1n) is 8.14. The van der Waals surface area contributed by atoms with E-state index in [-0.39, 0.29) is 32.4 Å². The maximum absolute atomic E-state index is 12.6. The van der Waals surface area contributed by atoms with E-state index in [4.69, 9.17) is 23.6 Å². The van der Waals surface area contributed by atoms with Gasteiger partial charge in [-0.15, -0.1) is 0 Å². The molecule has 0 aromatic rings. The Morgan fingerprint density at radius 3 is 2.40 bits per heavy atom. The van der Waals surface area contributed by atoms with Gasteiger partial charge < -0.3 is 19.7 Å². The maximum atomic E-state index is 12.6. The topological polar surface area (TPSA) is 112 Å². The minimum Gasteiger partial charge on any atom is -0.465 e. The van der Waals surface area contributed by atoms with Gasteiger partial charge in [0.2, 0.25) is 0 Å². The summed E-state index contributed by atoms with van der Waals surface area (Å²) >= 11 is 0.991. The van der Waals surface area contributed by atoms with Gasteiger partial charge >= 0.3 is 12.8 Å². The molecule has 0 aliphatic carbocycles. The van der Waals surface area contributed by atoms with Crippen LogP contribution in [0.25, 0.3) is 0 Å². The molecule has 0 saturated carbocycles. The second kappa shape index (κ2) is 13.1. The highest BCUT2D eigenvalue weighted by atomic mass is 32.7. The minimum atomic E-state index is -3.52. The monoisotopic (exact) mass is 402 g/mol. The smallest absolute Gasteiger partial charge is 0.389 e. The molecule has 0 rings (SSSR count). The van der Waals surface area contributed by atoms with Crippen LogP contribution in [0, 0.1) is 5.41 Å². The molecular formula is C15H31O8PS. The Hall–Kier alpha value is -0.150. The van der Waals surface area contributed by atoms with Crippen molar-refractivity contribution in [2.24, 2.45) is 5.41 Å². The van der Waals surface area contributed by atoms with Crippen molar-refractivity contribution in [2.45, 2.75) is 39.7 Å². The molecule has 0 fully saturated rings. The van der Waals surface area contributed by atoms with Crippen molar-refractivity contribution in [1.29, 1.82) is 0 Å². The van der Waals surface area contributed by atoms with Crippen LogP contribution in [0.15, 0.2) is 0 Å². The van der Waals surface area contributed by atoms with Gasteiger partial charge in [0.05, 0.1) is 38.4 Å². The molecule has 150 valence electrons. The number of unbranched alkanes of at least 4 members (excludes halogenated alkanes) is 1. The van der Waals surface area contributed by atoms with E-state index in [0.29, 0.717) is 25.2 Å². The summed E-state index contributed by atoms with van der Waals surface area (Å²) in [6.07, 6.45) is 0.497. The summed E-state index contributed by atoms with van der Waals surface area (Å²) in [5.41, 5.74) is -0.531. The molecule has 0 spiro atoms. The molecule has 8 nitrogen and oxygen atoms in total. The van der Waals surface area contributed by atoms with Crippen LogP contribution in [0.4, 0.5) is 0 Å². The summed E-state index contributed by atoms with van der Waals surface area (Å²) in [6.45, 7) is 1.43. The molecule has 0 aliphatic rings. The molecule has 0 saturated heterocycles. The fraction of sp³-hybridized carbons (Fsp3) is 0.933. The van der Waals surface area contributed by atoms with Gasteiger partial charge in [0.15, 0.2) is 0 Å². The molecule has 0 aromatic heterocycles. The Morgan fingerprint density at radius 1 is 1.20 bits per heavy atom. The van der Waals surface area contributed by atoms with Crippen LogP contribution >= 0.6 is 18.2 Å². The minimum absolute atomic E-state index is 0.0757. The third-order valence-electron chi connectivity index (χ3n) is 2.81. The molecule has 2 N–H and O–H groups in total. The first-order valence-corrected chi connectivity index (χ1v) is 11.3. The van der Waals surface area contributed by atoms with Crippen molar-refractivity contribution in [1.82, 2.24) is 0 Å². The molecule has 0 heterocycles. The van der Waals surface area contributed by atoms with Gasteiger partial charge in [-0.1, -0.05) is 0 Å². The summed E-state index contributed by atoms with van der Waals surface area (Å²) in [5, 5.41) is 18.1.